The van der Waals surface area contributed by atoms with Gasteiger partial charge in [0.1, 0.15) is 0 Å². The lowest BCUT2D eigenvalue weighted by atomic mass is 9.96. The first-order chi connectivity index (χ1) is 8.18. The molecule has 1 unspecified atom stereocenters. The van der Waals surface area contributed by atoms with Crippen LogP contribution in [0.3, 0.4) is 0 Å². The molecule has 0 radical (unpaired) electrons. The van der Waals surface area contributed by atoms with Crippen molar-refractivity contribution in [3.63, 3.8) is 0 Å². The van der Waals surface area contributed by atoms with Crippen LogP contribution in [0.15, 0.2) is 11.4 Å². The fourth-order valence-corrected chi connectivity index (χ4v) is 4.31. The first-order valence-electron chi connectivity index (χ1n) is 6.71. The minimum atomic E-state index is -0.401. The molecule has 3 rings (SSSR count). The Morgan fingerprint density at radius 2 is 2.24 bits per heavy atom. The smallest absolute Gasteiger partial charge is 0.0774 e. The molecule has 1 aromatic heterocycles. The van der Waals surface area contributed by atoms with Crippen LogP contribution in [-0.2, 0) is 6.42 Å². The molecule has 17 heavy (non-hydrogen) atoms. The third-order valence-corrected chi connectivity index (χ3v) is 5.43. The Kier molecular flexibility index (Phi) is 3.01. The van der Waals surface area contributed by atoms with Gasteiger partial charge in [-0.1, -0.05) is 12.8 Å². The van der Waals surface area contributed by atoms with Gasteiger partial charge in [0.2, 0.25) is 0 Å². The largest absolute Gasteiger partial charge is 0.389 e. The van der Waals surface area contributed by atoms with Gasteiger partial charge in [0, 0.05) is 24.0 Å². The minimum absolute atomic E-state index is 0.401. The number of fused-ring (bicyclic) bond motifs is 1. The minimum Gasteiger partial charge on any atom is -0.389 e. The summed E-state index contributed by atoms with van der Waals surface area (Å²) in [5.41, 5.74) is 1.09. The van der Waals surface area contributed by atoms with Gasteiger partial charge in [-0.05, 0) is 43.2 Å². The van der Waals surface area contributed by atoms with Gasteiger partial charge in [-0.3, -0.25) is 4.90 Å². The molecule has 1 aliphatic heterocycles. The topological polar surface area (TPSA) is 23.5 Å². The average molecular weight is 251 g/mol. The Labute approximate surface area is 107 Å². The first kappa shape index (κ1) is 11.7. The maximum atomic E-state index is 10.5. The molecule has 0 aromatic carbocycles. The molecule has 1 saturated carbocycles. The normalized spacial score (nSPS) is 28.2. The van der Waals surface area contributed by atoms with Crippen LogP contribution in [0.5, 0.6) is 0 Å². The van der Waals surface area contributed by atoms with Crippen molar-refractivity contribution in [2.24, 2.45) is 0 Å². The molecule has 1 aliphatic carbocycles. The van der Waals surface area contributed by atoms with E-state index in [1.165, 1.54) is 18.4 Å². The summed E-state index contributed by atoms with van der Waals surface area (Å²) in [6, 6.07) is 2.74. The van der Waals surface area contributed by atoms with E-state index in [0.29, 0.717) is 6.04 Å². The Morgan fingerprint density at radius 1 is 1.47 bits per heavy atom. The molecule has 3 heteroatoms. The summed E-state index contributed by atoms with van der Waals surface area (Å²) in [7, 11) is 0. The SMILES string of the molecule is CC1c2ccsc2CCN1CC1(O)CCCC1. The maximum absolute atomic E-state index is 10.5. The van der Waals surface area contributed by atoms with Gasteiger partial charge in [-0.2, -0.15) is 0 Å². The molecule has 1 aromatic rings. The molecule has 2 nitrogen and oxygen atoms in total. The van der Waals surface area contributed by atoms with Crippen molar-refractivity contribution in [3.8, 4) is 0 Å². The van der Waals surface area contributed by atoms with Crippen LogP contribution in [0.4, 0.5) is 0 Å². The number of rotatable bonds is 2. The fraction of sp³-hybridized carbons (Fsp3) is 0.714. The zero-order valence-electron chi connectivity index (χ0n) is 10.5. The molecular formula is C14H21NOS. The standard InChI is InChI=1S/C14H21NOS/c1-11-12-5-9-17-13(12)4-8-15(11)10-14(16)6-2-3-7-14/h5,9,11,16H,2-4,6-8,10H2,1H3. The number of nitrogens with zero attached hydrogens (tertiary/aromatic N) is 1. The number of hydrogen-bond donors (Lipinski definition) is 1. The number of thiophene rings is 1. The summed E-state index contributed by atoms with van der Waals surface area (Å²) in [6.07, 6.45) is 5.54. The summed E-state index contributed by atoms with van der Waals surface area (Å²) in [4.78, 5) is 4.02. The van der Waals surface area contributed by atoms with Crippen molar-refractivity contribution in [2.75, 3.05) is 13.1 Å². The highest BCUT2D eigenvalue weighted by molar-refractivity contribution is 7.10. The monoisotopic (exact) mass is 251 g/mol. The lowest BCUT2D eigenvalue weighted by Crippen LogP contribution is -2.44. The van der Waals surface area contributed by atoms with E-state index in [2.05, 4.69) is 23.3 Å². The Hall–Kier alpha value is -0.380. The first-order valence-corrected chi connectivity index (χ1v) is 7.59. The van der Waals surface area contributed by atoms with Crippen molar-refractivity contribution >= 4 is 11.3 Å². The average Bonchev–Trinajstić information content (AvgIpc) is 2.92. The molecule has 0 amide bonds. The molecule has 2 aliphatic rings. The van der Waals surface area contributed by atoms with Gasteiger partial charge < -0.3 is 5.11 Å². The second-order valence-electron chi connectivity index (χ2n) is 5.63. The third kappa shape index (κ3) is 2.16. The van der Waals surface area contributed by atoms with Gasteiger partial charge in [0.05, 0.1) is 5.60 Å². The molecule has 2 heterocycles. The van der Waals surface area contributed by atoms with Gasteiger partial charge >= 0.3 is 0 Å². The van der Waals surface area contributed by atoms with Crippen LogP contribution in [0, 0.1) is 0 Å². The van der Waals surface area contributed by atoms with Gasteiger partial charge in [0.15, 0.2) is 0 Å². The summed E-state index contributed by atoms with van der Waals surface area (Å²) < 4.78 is 0. The van der Waals surface area contributed by atoms with Crippen molar-refractivity contribution in [1.29, 1.82) is 0 Å². The molecule has 0 spiro atoms. The highest BCUT2D eigenvalue weighted by Gasteiger charge is 2.36. The van der Waals surface area contributed by atoms with Crippen molar-refractivity contribution in [1.82, 2.24) is 4.90 Å². The molecule has 0 saturated heterocycles. The molecule has 94 valence electrons. The number of hydrogen-bond acceptors (Lipinski definition) is 3. The molecule has 1 fully saturated rings. The predicted octanol–water partition coefficient (Wildman–Crippen LogP) is 2.97. The zero-order valence-corrected chi connectivity index (χ0v) is 11.3. The summed E-state index contributed by atoms with van der Waals surface area (Å²) in [5, 5.41) is 12.7. The lowest BCUT2D eigenvalue weighted by molar-refractivity contribution is -0.00360. The van der Waals surface area contributed by atoms with Gasteiger partial charge in [-0.25, -0.2) is 0 Å². The summed E-state index contributed by atoms with van der Waals surface area (Å²) >= 11 is 1.88. The van der Waals surface area contributed by atoms with E-state index in [4.69, 9.17) is 0 Å². The van der Waals surface area contributed by atoms with Crippen molar-refractivity contribution in [2.45, 2.75) is 50.7 Å². The number of β-amino-alcohol motifs (C(OH)–C–C–N with tert-alkyl or cyclic N) is 1. The molecule has 1 atom stereocenters. The quantitative estimate of drug-likeness (QED) is 0.873. The van der Waals surface area contributed by atoms with Crippen molar-refractivity contribution < 1.29 is 5.11 Å². The van der Waals surface area contributed by atoms with Crippen LogP contribution in [0.1, 0.15) is 49.1 Å². The predicted molar refractivity (Wildman–Crippen MR) is 71.4 cm³/mol. The van der Waals surface area contributed by atoms with E-state index < -0.39 is 5.60 Å². The Bertz CT molecular complexity index is 395. The third-order valence-electron chi connectivity index (χ3n) is 4.44. The van der Waals surface area contributed by atoms with Crippen molar-refractivity contribution in [3.05, 3.63) is 21.9 Å². The van der Waals surface area contributed by atoms with Gasteiger partial charge in [0.25, 0.3) is 0 Å². The van der Waals surface area contributed by atoms with Crippen LogP contribution < -0.4 is 0 Å². The van der Waals surface area contributed by atoms with Crippen LogP contribution in [0.2, 0.25) is 0 Å². The maximum Gasteiger partial charge on any atom is 0.0774 e. The highest BCUT2D eigenvalue weighted by atomic mass is 32.1. The van der Waals surface area contributed by atoms with E-state index in [9.17, 15) is 5.11 Å². The lowest BCUT2D eigenvalue weighted by Gasteiger charge is -2.38. The van der Waals surface area contributed by atoms with E-state index in [1.54, 1.807) is 4.88 Å². The van der Waals surface area contributed by atoms with Crippen LogP contribution in [-0.4, -0.2) is 28.7 Å². The molecule has 1 N–H and O–H groups in total. The zero-order chi connectivity index (χ0) is 11.9. The second kappa shape index (κ2) is 4.38. The van der Waals surface area contributed by atoms with Crippen LogP contribution >= 0.6 is 11.3 Å². The Morgan fingerprint density at radius 3 is 3.00 bits per heavy atom. The molecule has 0 bridgehead atoms. The van der Waals surface area contributed by atoms with E-state index in [-0.39, 0.29) is 0 Å². The number of aliphatic hydroxyl groups is 1. The van der Waals surface area contributed by atoms with Gasteiger partial charge in [-0.15, -0.1) is 11.3 Å². The highest BCUT2D eigenvalue weighted by Crippen LogP contribution is 2.36. The van der Waals surface area contributed by atoms with E-state index >= 15 is 0 Å². The summed E-state index contributed by atoms with van der Waals surface area (Å²) in [5.74, 6) is 0. The fourth-order valence-electron chi connectivity index (χ4n) is 3.35. The van der Waals surface area contributed by atoms with E-state index in [1.807, 2.05) is 11.3 Å². The van der Waals surface area contributed by atoms with Crippen LogP contribution in [0.25, 0.3) is 0 Å². The second-order valence-corrected chi connectivity index (χ2v) is 6.63. The Balaban J connectivity index is 1.73. The molecular weight excluding hydrogens is 230 g/mol. The van der Waals surface area contributed by atoms with E-state index in [0.717, 1.165) is 32.4 Å². The summed E-state index contributed by atoms with van der Waals surface area (Å²) in [6.45, 7) is 4.25.